The smallest absolute Gasteiger partial charge is 0.262 e. The van der Waals surface area contributed by atoms with Crippen molar-refractivity contribution in [2.75, 3.05) is 13.1 Å². The molecule has 2 aliphatic rings. The molecular formula is C78H114N2O2S6. The zero-order valence-electron chi connectivity index (χ0n) is 56.2. The predicted octanol–water partition coefficient (Wildman–Crippen LogP) is 27.1. The molecule has 0 saturated carbocycles. The van der Waals surface area contributed by atoms with Gasteiger partial charge in [-0.15, -0.1) is 68.0 Å². The van der Waals surface area contributed by atoms with Crippen LogP contribution in [0.4, 0.5) is 0 Å². The highest BCUT2D eigenvalue weighted by Crippen LogP contribution is 2.53. The van der Waals surface area contributed by atoms with E-state index in [1.807, 2.05) is 45.3 Å². The van der Waals surface area contributed by atoms with Crippen molar-refractivity contribution in [3.63, 3.8) is 0 Å². The van der Waals surface area contributed by atoms with E-state index in [-0.39, 0.29) is 11.8 Å². The van der Waals surface area contributed by atoms with Crippen molar-refractivity contribution < 1.29 is 9.59 Å². The van der Waals surface area contributed by atoms with Crippen molar-refractivity contribution in [2.45, 2.75) is 299 Å². The Morgan fingerprint density at radius 2 is 0.705 bits per heavy atom. The number of amides is 2. The van der Waals surface area contributed by atoms with Crippen LogP contribution >= 0.6 is 68.0 Å². The van der Waals surface area contributed by atoms with Crippen molar-refractivity contribution in [2.24, 2.45) is 11.8 Å². The average molecular weight is 1300 g/mol. The van der Waals surface area contributed by atoms with E-state index in [0.717, 1.165) is 90.1 Å². The minimum atomic E-state index is 0.0968. The summed E-state index contributed by atoms with van der Waals surface area (Å²) in [4.78, 5) is 48.7. The van der Waals surface area contributed by atoms with Crippen LogP contribution in [0.3, 0.4) is 0 Å². The van der Waals surface area contributed by atoms with Gasteiger partial charge in [0.25, 0.3) is 11.8 Å². The van der Waals surface area contributed by atoms with Crippen molar-refractivity contribution in [1.82, 2.24) is 9.80 Å². The lowest BCUT2D eigenvalue weighted by Gasteiger charge is -2.27. The lowest BCUT2D eigenvalue weighted by atomic mass is 9.94. The van der Waals surface area contributed by atoms with Gasteiger partial charge in [-0.1, -0.05) is 234 Å². The number of thiophene rings is 6. The van der Waals surface area contributed by atoms with E-state index in [1.54, 1.807) is 28.2 Å². The van der Waals surface area contributed by atoms with E-state index in [1.165, 1.54) is 240 Å². The first kappa shape index (κ1) is 70.7. The summed E-state index contributed by atoms with van der Waals surface area (Å²) in [6.45, 7) is 19.6. The van der Waals surface area contributed by atoms with Crippen LogP contribution in [-0.2, 0) is 22.4 Å². The standard InChI is InChI=1S/C78H114N2O2S6/c1-9-15-21-25-27-29-31-33-35-39-45-61-51-58(8)84-75(61)69-53-67-68(86-69)54-70(87-67)76-62(46-40-36-34-32-30-28-26-22-16-10-2)52-66(88-76)63-49-50-65(85-63)72-74-73(79(78(72)82)55-59(41-19-13-5)43-37-23-17-11-3)71(64-48-47-57(7)83-64)77(81)80(74)56-60(42-20-14-6)44-38-24-18-12-4/h47-54,59-60H,9-46,55-56H2,1-8H3. The zero-order valence-corrected chi connectivity index (χ0v) is 61.1. The Labute approximate surface area is 559 Å². The predicted molar refractivity (Wildman–Crippen MR) is 395 cm³/mol. The maximum absolute atomic E-state index is 15.9. The zero-order chi connectivity index (χ0) is 62.0. The Hall–Kier alpha value is -3.12. The quantitative estimate of drug-likeness (QED) is 0.0357. The molecule has 0 aliphatic carbocycles. The molecule has 2 aliphatic heterocycles. The van der Waals surface area contributed by atoms with E-state index < -0.39 is 0 Å². The highest BCUT2D eigenvalue weighted by atomic mass is 32.1. The van der Waals surface area contributed by atoms with Gasteiger partial charge in [0.15, 0.2) is 0 Å². The van der Waals surface area contributed by atoms with Gasteiger partial charge in [0, 0.05) is 71.3 Å². The SMILES string of the molecule is CCCCCCCCCCCCc1cc(C)sc1-c1cc2sc(-c3sc(-c4ccc(C5=C6C(=C(c7ccc(C)s7)C(=O)N6CC(CCCC)CCCCCC)N(CC(CCCC)CCCCCC)C5=O)s4)cc3CCCCCCCCCCCC)cc2s1. The Kier molecular flexibility index (Phi) is 30.7. The lowest BCUT2D eigenvalue weighted by molar-refractivity contribution is -0.123. The molecule has 8 heterocycles. The highest BCUT2D eigenvalue weighted by molar-refractivity contribution is 7.34. The van der Waals surface area contributed by atoms with Gasteiger partial charge >= 0.3 is 0 Å². The Morgan fingerprint density at radius 1 is 0.330 bits per heavy atom. The van der Waals surface area contributed by atoms with Crippen LogP contribution in [0, 0.1) is 25.7 Å². The molecule has 0 saturated heterocycles. The third-order valence-corrected chi connectivity index (χ3v) is 26.2. The second kappa shape index (κ2) is 38.2. The minimum Gasteiger partial charge on any atom is -0.305 e. The molecule has 88 heavy (non-hydrogen) atoms. The molecule has 0 N–H and O–H groups in total. The van der Waals surface area contributed by atoms with Crippen molar-refractivity contribution in [3.05, 3.63) is 90.6 Å². The molecule has 2 amide bonds. The Morgan fingerprint density at radius 3 is 1.15 bits per heavy atom. The van der Waals surface area contributed by atoms with Gasteiger partial charge in [-0.3, -0.25) is 9.59 Å². The van der Waals surface area contributed by atoms with E-state index in [0.29, 0.717) is 24.9 Å². The lowest BCUT2D eigenvalue weighted by Crippen LogP contribution is -2.32. The van der Waals surface area contributed by atoms with E-state index >= 15 is 9.59 Å². The number of nitrogens with zero attached hydrogens (tertiary/aromatic N) is 2. The molecule has 484 valence electrons. The van der Waals surface area contributed by atoms with Crippen molar-refractivity contribution in [3.8, 4) is 29.3 Å². The fraction of sp³-hybridized carbons (Fsp3) is 0.641. The van der Waals surface area contributed by atoms with Gasteiger partial charge in [0.2, 0.25) is 0 Å². The maximum Gasteiger partial charge on any atom is 0.262 e. The average Bonchev–Trinajstić information content (AvgIpc) is 1.62. The number of fused-ring (bicyclic) bond motifs is 2. The molecule has 2 unspecified atom stereocenters. The summed E-state index contributed by atoms with van der Waals surface area (Å²) in [7, 11) is 0. The highest BCUT2D eigenvalue weighted by Gasteiger charge is 2.50. The van der Waals surface area contributed by atoms with Crippen LogP contribution in [0.5, 0.6) is 0 Å². The molecule has 4 nitrogen and oxygen atoms in total. The van der Waals surface area contributed by atoms with Crippen LogP contribution in [0.2, 0.25) is 0 Å². The largest absolute Gasteiger partial charge is 0.305 e. The second-order valence-electron chi connectivity index (χ2n) is 26.6. The molecule has 0 bridgehead atoms. The third kappa shape index (κ3) is 20.0. The summed E-state index contributed by atoms with van der Waals surface area (Å²) < 4.78 is 2.82. The number of unbranched alkanes of at least 4 members (excludes halogenated alkanes) is 26. The summed E-state index contributed by atoms with van der Waals surface area (Å²) >= 11 is 11.5. The first-order chi connectivity index (χ1) is 43.1. The van der Waals surface area contributed by atoms with E-state index in [2.05, 4.69) is 114 Å². The number of carbonyl (C=O) groups is 2. The van der Waals surface area contributed by atoms with Gasteiger partial charge < -0.3 is 9.80 Å². The molecule has 0 fully saturated rings. The second-order valence-corrected chi connectivity index (χ2v) is 33.4. The number of carbonyl (C=O) groups excluding carboxylic acids is 2. The Bertz CT molecular complexity index is 3060. The van der Waals surface area contributed by atoms with Crippen LogP contribution in [-0.4, -0.2) is 34.7 Å². The van der Waals surface area contributed by atoms with Crippen LogP contribution < -0.4 is 0 Å². The Balaban J connectivity index is 1.12. The van der Waals surface area contributed by atoms with Crippen molar-refractivity contribution in [1.29, 1.82) is 0 Å². The van der Waals surface area contributed by atoms with Crippen molar-refractivity contribution >= 4 is 100 Å². The molecule has 0 aromatic carbocycles. The fourth-order valence-electron chi connectivity index (χ4n) is 13.9. The van der Waals surface area contributed by atoms with Crippen LogP contribution in [0.15, 0.2) is 59.9 Å². The van der Waals surface area contributed by atoms with Gasteiger partial charge in [-0.05, 0) is 137 Å². The molecule has 6 aromatic rings. The number of hydrogen-bond donors (Lipinski definition) is 0. The molecular weight excluding hydrogens is 1190 g/mol. The van der Waals surface area contributed by atoms with Gasteiger partial charge in [0.05, 0.1) is 22.5 Å². The van der Waals surface area contributed by atoms with Crippen LogP contribution in [0.25, 0.3) is 49.8 Å². The summed E-state index contributed by atoms with van der Waals surface area (Å²) in [5, 5.41) is 0. The number of aryl methyl sites for hydroxylation is 4. The third-order valence-electron chi connectivity index (χ3n) is 19.0. The summed E-state index contributed by atoms with van der Waals surface area (Å²) in [5.74, 6) is 0.959. The summed E-state index contributed by atoms with van der Waals surface area (Å²) in [6.07, 6.45) is 48.2. The van der Waals surface area contributed by atoms with E-state index in [9.17, 15) is 0 Å². The monoisotopic (exact) mass is 1300 g/mol. The number of rotatable bonds is 47. The normalized spacial score (nSPS) is 14.4. The minimum absolute atomic E-state index is 0.0968. The molecule has 0 radical (unpaired) electrons. The van der Waals surface area contributed by atoms with Gasteiger partial charge in [-0.2, -0.15) is 0 Å². The number of hydrogen-bond acceptors (Lipinski definition) is 8. The summed E-state index contributed by atoms with van der Waals surface area (Å²) in [5.41, 5.74) is 6.34. The first-order valence-electron chi connectivity index (χ1n) is 36.2. The fourth-order valence-corrected chi connectivity index (χ4v) is 20.8. The molecule has 8 rings (SSSR count). The molecule has 6 aromatic heterocycles. The topological polar surface area (TPSA) is 40.6 Å². The van der Waals surface area contributed by atoms with Gasteiger partial charge in [-0.25, -0.2) is 0 Å². The maximum atomic E-state index is 15.9. The summed E-state index contributed by atoms with van der Waals surface area (Å²) in [6, 6.07) is 18.9. The van der Waals surface area contributed by atoms with Gasteiger partial charge in [0.1, 0.15) is 0 Å². The molecule has 0 spiro atoms. The van der Waals surface area contributed by atoms with Crippen LogP contribution in [0.1, 0.15) is 303 Å². The molecule has 10 heteroatoms. The molecule has 2 atom stereocenters. The first-order valence-corrected chi connectivity index (χ1v) is 41.1. The van der Waals surface area contributed by atoms with E-state index in [4.69, 9.17) is 0 Å².